The van der Waals surface area contributed by atoms with Crippen LogP contribution in [-0.4, -0.2) is 49.0 Å². The number of hydrogen-bond donors (Lipinski definition) is 0. The van der Waals surface area contributed by atoms with Crippen LogP contribution in [-0.2, 0) is 23.9 Å². The van der Waals surface area contributed by atoms with Gasteiger partial charge in [-0.05, 0) is 42.2 Å². The summed E-state index contributed by atoms with van der Waals surface area (Å²) in [5, 5.41) is 0. The Morgan fingerprint density at radius 3 is 2.43 bits per heavy atom. The van der Waals surface area contributed by atoms with Gasteiger partial charge in [0.2, 0.25) is 5.91 Å². The van der Waals surface area contributed by atoms with Gasteiger partial charge >= 0.3 is 6.18 Å². The van der Waals surface area contributed by atoms with E-state index < -0.39 is 11.7 Å². The van der Waals surface area contributed by atoms with Gasteiger partial charge < -0.3 is 9.64 Å². The zero-order valence-corrected chi connectivity index (χ0v) is 17.1. The Kier molecular flexibility index (Phi) is 7.37. The Hall–Kier alpha value is -2.54. The van der Waals surface area contributed by atoms with E-state index >= 15 is 0 Å². The Morgan fingerprint density at radius 2 is 1.73 bits per heavy atom. The van der Waals surface area contributed by atoms with Crippen LogP contribution in [0.1, 0.15) is 29.5 Å². The van der Waals surface area contributed by atoms with Gasteiger partial charge in [0.15, 0.2) is 0 Å². The highest BCUT2D eigenvalue weighted by Gasteiger charge is 2.33. The minimum absolute atomic E-state index is 0.0864. The molecule has 7 heteroatoms. The molecular formula is C23H27F3N2O2. The molecular weight excluding hydrogens is 393 g/mol. The minimum Gasteiger partial charge on any atom is -0.497 e. The molecule has 4 nitrogen and oxygen atoms in total. The van der Waals surface area contributed by atoms with Gasteiger partial charge in [-0.2, -0.15) is 13.2 Å². The lowest BCUT2D eigenvalue weighted by Gasteiger charge is -2.23. The van der Waals surface area contributed by atoms with E-state index in [1.807, 2.05) is 34.1 Å². The van der Waals surface area contributed by atoms with Crippen molar-refractivity contribution in [2.24, 2.45) is 0 Å². The molecule has 0 radical (unpaired) electrons. The van der Waals surface area contributed by atoms with E-state index in [0.717, 1.165) is 23.8 Å². The number of alkyl halides is 3. The first-order chi connectivity index (χ1) is 14.4. The predicted molar refractivity (Wildman–Crippen MR) is 109 cm³/mol. The highest BCUT2D eigenvalue weighted by molar-refractivity contribution is 5.76. The lowest BCUT2D eigenvalue weighted by Crippen LogP contribution is -2.35. The number of aryl methyl sites for hydroxylation is 1. The van der Waals surface area contributed by atoms with Crippen molar-refractivity contribution in [3.05, 3.63) is 65.2 Å². The predicted octanol–water partition coefficient (Wildman–Crippen LogP) is 4.38. The molecule has 0 aliphatic carbocycles. The number of carbonyl (C=O) groups excluding carboxylic acids is 1. The van der Waals surface area contributed by atoms with Crippen molar-refractivity contribution in [3.63, 3.8) is 0 Å². The summed E-state index contributed by atoms with van der Waals surface area (Å²) in [4.78, 5) is 16.5. The highest BCUT2D eigenvalue weighted by Crippen LogP contribution is 2.32. The summed E-state index contributed by atoms with van der Waals surface area (Å²) >= 11 is 0. The summed E-state index contributed by atoms with van der Waals surface area (Å²) < 4.78 is 44.9. The summed E-state index contributed by atoms with van der Waals surface area (Å²) in [6.45, 7) is 2.66. The van der Waals surface area contributed by atoms with Crippen LogP contribution in [0.4, 0.5) is 13.2 Å². The topological polar surface area (TPSA) is 32.8 Å². The largest absolute Gasteiger partial charge is 0.497 e. The maximum Gasteiger partial charge on any atom is 0.416 e. The van der Waals surface area contributed by atoms with Crippen molar-refractivity contribution in [1.82, 2.24) is 9.80 Å². The lowest BCUT2D eigenvalue weighted by molar-refractivity contribution is -0.138. The van der Waals surface area contributed by atoms with Crippen molar-refractivity contribution in [3.8, 4) is 5.75 Å². The minimum atomic E-state index is -4.36. The number of hydrogen-bond acceptors (Lipinski definition) is 3. The first-order valence-electron chi connectivity index (χ1n) is 10.1. The van der Waals surface area contributed by atoms with Gasteiger partial charge in [0.25, 0.3) is 0 Å². The molecule has 0 saturated carbocycles. The molecule has 2 aromatic rings. The number of halogens is 3. The van der Waals surface area contributed by atoms with E-state index in [0.29, 0.717) is 39.0 Å². The molecule has 1 aliphatic heterocycles. The van der Waals surface area contributed by atoms with E-state index in [9.17, 15) is 18.0 Å². The summed E-state index contributed by atoms with van der Waals surface area (Å²) in [7, 11) is 1.61. The first-order valence-corrected chi connectivity index (χ1v) is 10.1. The van der Waals surface area contributed by atoms with Crippen molar-refractivity contribution in [2.45, 2.75) is 32.0 Å². The maximum absolute atomic E-state index is 13.2. The maximum atomic E-state index is 13.2. The molecule has 1 fully saturated rings. The average Bonchev–Trinajstić information content (AvgIpc) is 2.98. The van der Waals surface area contributed by atoms with Crippen LogP contribution < -0.4 is 4.74 Å². The number of nitrogens with zero attached hydrogens (tertiary/aromatic N) is 2. The first kappa shape index (κ1) is 22.2. The van der Waals surface area contributed by atoms with Crippen molar-refractivity contribution >= 4 is 5.91 Å². The van der Waals surface area contributed by atoms with Crippen LogP contribution in [0.5, 0.6) is 5.75 Å². The number of amides is 1. The Labute approximate surface area is 175 Å². The molecule has 1 saturated heterocycles. The number of carbonyl (C=O) groups is 1. The van der Waals surface area contributed by atoms with Gasteiger partial charge in [-0.15, -0.1) is 0 Å². The van der Waals surface area contributed by atoms with Crippen LogP contribution in [0, 0.1) is 0 Å². The quantitative estimate of drug-likeness (QED) is 0.695. The van der Waals surface area contributed by atoms with Crippen molar-refractivity contribution in [2.75, 3.05) is 33.3 Å². The molecule has 0 unspecified atom stereocenters. The molecule has 0 atom stereocenters. The normalized spacial score (nSPS) is 15.7. The van der Waals surface area contributed by atoms with E-state index in [1.54, 1.807) is 13.2 Å². The molecule has 30 heavy (non-hydrogen) atoms. The number of methoxy groups -OCH3 is 1. The SMILES string of the molecule is COc1ccc(CCC(=O)N2CCCN(Cc3ccccc3C(F)(F)F)CC2)cc1. The summed E-state index contributed by atoms with van der Waals surface area (Å²) in [6, 6.07) is 13.4. The van der Waals surface area contributed by atoms with Crippen LogP contribution in [0.25, 0.3) is 0 Å². The Morgan fingerprint density at radius 1 is 1.00 bits per heavy atom. The molecule has 2 aromatic carbocycles. The Balaban J connectivity index is 1.53. The van der Waals surface area contributed by atoms with E-state index in [-0.39, 0.29) is 18.0 Å². The molecule has 0 N–H and O–H groups in total. The molecule has 1 heterocycles. The molecule has 1 aliphatic rings. The molecule has 0 aromatic heterocycles. The fourth-order valence-electron chi connectivity index (χ4n) is 3.76. The van der Waals surface area contributed by atoms with Crippen LogP contribution in [0.15, 0.2) is 48.5 Å². The van der Waals surface area contributed by atoms with E-state index in [1.165, 1.54) is 12.1 Å². The Bertz CT molecular complexity index is 837. The van der Waals surface area contributed by atoms with Gasteiger partial charge in [0.05, 0.1) is 12.7 Å². The van der Waals surface area contributed by atoms with Crippen LogP contribution in [0.2, 0.25) is 0 Å². The highest BCUT2D eigenvalue weighted by atomic mass is 19.4. The van der Waals surface area contributed by atoms with Crippen molar-refractivity contribution < 1.29 is 22.7 Å². The second-order valence-corrected chi connectivity index (χ2v) is 7.51. The molecule has 162 valence electrons. The van der Waals surface area contributed by atoms with E-state index in [2.05, 4.69) is 0 Å². The summed E-state index contributed by atoms with van der Waals surface area (Å²) in [6.07, 6.45) is -2.53. The third kappa shape index (κ3) is 5.98. The van der Waals surface area contributed by atoms with Gasteiger partial charge in [-0.25, -0.2) is 0 Å². The second kappa shape index (κ2) is 9.98. The van der Waals surface area contributed by atoms with Gasteiger partial charge in [0.1, 0.15) is 5.75 Å². The van der Waals surface area contributed by atoms with Gasteiger partial charge in [-0.3, -0.25) is 9.69 Å². The molecule has 0 bridgehead atoms. The van der Waals surface area contributed by atoms with Crippen molar-refractivity contribution in [1.29, 1.82) is 0 Å². The second-order valence-electron chi connectivity index (χ2n) is 7.51. The number of ether oxygens (including phenoxy) is 1. The molecule has 1 amide bonds. The number of benzene rings is 2. The third-order valence-electron chi connectivity index (χ3n) is 5.44. The standard InChI is InChI=1S/C23H27F3N2O2/c1-30-20-10-7-18(8-11-20)9-12-22(29)28-14-4-13-27(15-16-28)17-19-5-2-3-6-21(19)23(24,25)26/h2-3,5-8,10-11H,4,9,12-17H2,1H3. The van der Waals surface area contributed by atoms with Gasteiger partial charge in [0, 0.05) is 39.1 Å². The monoisotopic (exact) mass is 420 g/mol. The van der Waals surface area contributed by atoms with Crippen LogP contribution in [0.3, 0.4) is 0 Å². The fourth-order valence-corrected chi connectivity index (χ4v) is 3.76. The van der Waals surface area contributed by atoms with E-state index in [4.69, 9.17) is 4.74 Å². The zero-order chi connectivity index (χ0) is 21.6. The smallest absolute Gasteiger partial charge is 0.416 e. The number of rotatable bonds is 6. The molecule has 3 rings (SSSR count). The van der Waals surface area contributed by atoms with Crippen LogP contribution >= 0.6 is 0 Å². The zero-order valence-electron chi connectivity index (χ0n) is 17.1. The molecule has 0 spiro atoms. The third-order valence-corrected chi connectivity index (χ3v) is 5.44. The fraction of sp³-hybridized carbons (Fsp3) is 0.435. The average molecular weight is 420 g/mol. The summed E-state index contributed by atoms with van der Waals surface area (Å²) in [5.74, 6) is 0.869. The lowest BCUT2D eigenvalue weighted by atomic mass is 10.1. The summed E-state index contributed by atoms with van der Waals surface area (Å²) in [5.41, 5.74) is 0.773. The van der Waals surface area contributed by atoms with Gasteiger partial charge in [-0.1, -0.05) is 30.3 Å².